The van der Waals surface area contributed by atoms with Gasteiger partial charge in [0.25, 0.3) is 0 Å². The standard InChI is InChI=1S/C9H16N2O3/c1-10-3-5-13-8(10)7(12)9-11(2)4-6-14-9/h8-9H,3-6H2,1-2H3. The summed E-state index contributed by atoms with van der Waals surface area (Å²) >= 11 is 0. The van der Waals surface area contributed by atoms with Crippen molar-refractivity contribution in [2.24, 2.45) is 0 Å². The molecule has 2 saturated heterocycles. The maximum atomic E-state index is 11.9. The van der Waals surface area contributed by atoms with Crippen LogP contribution in [0.2, 0.25) is 0 Å². The van der Waals surface area contributed by atoms with Crippen molar-refractivity contribution in [2.75, 3.05) is 40.4 Å². The molecule has 2 aliphatic heterocycles. The highest BCUT2D eigenvalue weighted by Crippen LogP contribution is 2.16. The third-order valence-electron chi connectivity index (χ3n) is 2.73. The molecule has 2 aliphatic rings. The Morgan fingerprint density at radius 3 is 1.79 bits per heavy atom. The molecule has 2 unspecified atom stereocenters. The minimum absolute atomic E-state index is 0.0185. The van der Waals surface area contributed by atoms with E-state index in [0.29, 0.717) is 13.2 Å². The number of carbonyl (C=O) groups excluding carboxylic acids is 1. The van der Waals surface area contributed by atoms with Crippen LogP contribution in [0.3, 0.4) is 0 Å². The highest BCUT2D eigenvalue weighted by Gasteiger charge is 2.38. The van der Waals surface area contributed by atoms with Gasteiger partial charge in [-0.1, -0.05) is 0 Å². The molecule has 0 amide bonds. The summed E-state index contributed by atoms with van der Waals surface area (Å²) in [5.41, 5.74) is 0. The molecule has 5 heteroatoms. The molecular formula is C9H16N2O3. The molecule has 0 aliphatic carbocycles. The van der Waals surface area contributed by atoms with Gasteiger partial charge in [-0.05, 0) is 14.1 Å². The van der Waals surface area contributed by atoms with Crippen LogP contribution in [0.1, 0.15) is 0 Å². The van der Waals surface area contributed by atoms with Gasteiger partial charge in [-0.3, -0.25) is 14.6 Å². The van der Waals surface area contributed by atoms with E-state index in [4.69, 9.17) is 9.47 Å². The van der Waals surface area contributed by atoms with Gasteiger partial charge in [-0.25, -0.2) is 0 Å². The summed E-state index contributed by atoms with van der Waals surface area (Å²) in [5, 5.41) is 0. The van der Waals surface area contributed by atoms with Crippen molar-refractivity contribution >= 4 is 5.78 Å². The number of rotatable bonds is 2. The molecule has 0 aromatic rings. The van der Waals surface area contributed by atoms with Crippen LogP contribution in [0, 0.1) is 0 Å². The van der Waals surface area contributed by atoms with Crippen molar-refractivity contribution in [3.63, 3.8) is 0 Å². The van der Waals surface area contributed by atoms with Gasteiger partial charge >= 0.3 is 0 Å². The smallest absolute Gasteiger partial charge is 0.220 e. The third-order valence-corrected chi connectivity index (χ3v) is 2.73. The van der Waals surface area contributed by atoms with Crippen molar-refractivity contribution in [3.05, 3.63) is 0 Å². The number of ether oxygens (including phenoxy) is 2. The van der Waals surface area contributed by atoms with Gasteiger partial charge in [0.05, 0.1) is 13.2 Å². The molecule has 2 fully saturated rings. The van der Waals surface area contributed by atoms with Gasteiger partial charge in [0.2, 0.25) is 5.78 Å². The van der Waals surface area contributed by atoms with Crippen molar-refractivity contribution in [1.82, 2.24) is 9.80 Å². The number of hydrogen-bond donors (Lipinski definition) is 0. The van der Waals surface area contributed by atoms with E-state index >= 15 is 0 Å². The second kappa shape index (κ2) is 3.94. The molecule has 0 aromatic carbocycles. The summed E-state index contributed by atoms with van der Waals surface area (Å²) in [7, 11) is 3.79. The fourth-order valence-electron chi connectivity index (χ4n) is 1.83. The molecule has 0 radical (unpaired) electrons. The van der Waals surface area contributed by atoms with E-state index in [-0.39, 0.29) is 5.78 Å². The summed E-state index contributed by atoms with van der Waals surface area (Å²) in [6.45, 7) is 2.88. The van der Waals surface area contributed by atoms with Gasteiger partial charge in [0.1, 0.15) is 0 Å². The Morgan fingerprint density at radius 2 is 1.50 bits per heavy atom. The molecule has 2 heterocycles. The Labute approximate surface area is 83.6 Å². The molecule has 0 N–H and O–H groups in total. The van der Waals surface area contributed by atoms with Crippen LogP contribution < -0.4 is 0 Å². The Hall–Kier alpha value is -0.490. The monoisotopic (exact) mass is 200 g/mol. The fraction of sp³-hybridized carbons (Fsp3) is 0.889. The number of ketones is 1. The van der Waals surface area contributed by atoms with E-state index < -0.39 is 12.5 Å². The second-order valence-electron chi connectivity index (χ2n) is 3.81. The first kappa shape index (κ1) is 10.0. The average Bonchev–Trinajstić information content (AvgIpc) is 2.73. The zero-order chi connectivity index (χ0) is 10.1. The van der Waals surface area contributed by atoms with Crippen molar-refractivity contribution in [1.29, 1.82) is 0 Å². The number of Topliss-reactive ketones (excluding diaryl/α,β-unsaturated/α-hetero) is 1. The number of carbonyl (C=O) groups is 1. The summed E-state index contributed by atoms with van der Waals surface area (Å²) in [5.74, 6) is 0.0185. The summed E-state index contributed by atoms with van der Waals surface area (Å²) < 4.78 is 10.7. The minimum Gasteiger partial charge on any atom is -0.354 e. The van der Waals surface area contributed by atoms with Crippen LogP contribution in [0.15, 0.2) is 0 Å². The van der Waals surface area contributed by atoms with E-state index in [9.17, 15) is 4.79 Å². The Morgan fingerprint density at radius 1 is 1.07 bits per heavy atom. The molecule has 0 saturated carbocycles. The van der Waals surface area contributed by atoms with Gasteiger partial charge in [0, 0.05) is 13.1 Å². The first-order chi connectivity index (χ1) is 6.70. The maximum Gasteiger partial charge on any atom is 0.220 e. The quantitative estimate of drug-likeness (QED) is 0.580. The van der Waals surface area contributed by atoms with Crippen LogP contribution in [0.25, 0.3) is 0 Å². The van der Waals surface area contributed by atoms with E-state index in [1.54, 1.807) is 0 Å². The number of hydrogen-bond acceptors (Lipinski definition) is 5. The molecule has 0 spiro atoms. The molecule has 14 heavy (non-hydrogen) atoms. The van der Waals surface area contributed by atoms with Gasteiger partial charge in [-0.2, -0.15) is 0 Å². The first-order valence-electron chi connectivity index (χ1n) is 4.87. The maximum absolute atomic E-state index is 11.9. The van der Waals surface area contributed by atoms with Crippen molar-refractivity contribution < 1.29 is 14.3 Å². The number of likely N-dealkylation sites (N-methyl/N-ethyl adjacent to an activating group) is 2. The number of nitrogens with zero attached hydrogens (tertiary/aromatic N) is 2. The molecule has 80 valence electrons. The molecule has 0 aromatic heterocycles. The van der Waals surface area contributed by atoms with E-state index in [1.807, 2.05) is 23.9 Å². The Kier molecular flexibility index (Phi) is 2.83. The fourth-order valence-corrected chi connectivity index (χ4v) is 1.83. The van der Waals surface area contributed by atoms with Crippen molar-refractivity contribution in [2.45, 2.75) is 12.5 Å². The lowest BCUT2D eigenvalue weighted by Crippen LogP contribution is -2.45. The molecular weight excluding hydrogens is 184 g/mol. The highest BCUT2D eigenvalue weighted by atomic mass is 16.5. The van der Waals surface area contributed by atoms with Gasteiger partial charge in [0.15, 0.2) is 12.5 Å². The van der Waals surface area contributed by atoms with Crippen LogP contribution >= 0.6 is 0 Å². The summed E-state index contributed by atoms with van der Waals surface area (Å²) in [4.78, 5) is 15.8. The lowest BCUT2D eigenvalue weighted by molar-refractivity contribution is -0.148. The van der Waals surface area contributed by atoms with Crippen LogP contribution in [0.4, 0.5) is 0 Å². The predicted octanol–water partition coefficient (Wildman–Crippen LogP) is -0.868. The van der Waals surface area contributed by atoms with E-state index in [1.165, 1.54) is 0 Å². The summed E-state index contributed by atoms with van der Waals surface area (Å²) in [6, 6.07) is 0. The molecule has 0 bridgehead atoms. The molecule has 2 atom stereocenters. The second-order valence-corrected chi connectivity index (χ2v) is 3.81. The SMILES string of the molecule is CN1CCOC1C(=O)C1OCCN1C. The van der Waals surface area contributed by atoms with Crippen molar-refractivity contribution in [3.8, 4) is 0 Å². The largest absolute Gasteiger partial charge is 0.354 e. The zero-order valence-corrected chi connectivity index (χ0v) is 8.60. The minimum atomic E-state index is -0.416. The lowest BCUT2D eigenvalue weighted by Gasteiger charge is -2.23. The van der Waals surface area contributed by atoms with Crippen LogP contribution in [-0.4, -0.2) is 68.4 Å². The van der Waals surface area contributed by atoms with Gasteiger partial charge in [-0.15, -0.1) is 0 Å². The first-order valence-corrected chi connectivity index (χ1v) is 4.87. The van der Waals surface area contributed by atoms with Gasteiger partial charge < -0.3 is 9.47 Å². The molecule has 5 nitrogen and oxygen atoms in total. The normalized spacial score (nSPS) is 35.3. The lowest BCUT2D eigenvalue weighted by atomic mass is 10.3. The van der Waals surface area contributed by atoms with E-state index in [2.05, 4.69) is 0 Å². The zero-order valence-electron chi connectivity index (χ0n) is 8.60. The average molecular weight is 200 g/mol. The predicted molar refractivity (Wildman–Crippen MR) is 49.7 cm³/mol. The highest BCUT2D eigenvalue weighted by molar-refractivity contribution is 5.87. The van der Waals surface area contributed by atoms with Crippen LogP contribution in [0.5, 0.6) is 0 Å². The Balaban J connectivity index is 2.00. The third kappa shape index (κ3) is 1.68. The topological polar surface area (TPSA) is 42.0 Å². The summed E-state index contributed by atoms with van der Waals surface area (Å²) in [6.07, 6.45) is -0.832. The van der Waals surface area contributed by atoms with Crippen LogP contribution in [-0.2, 0) is 14.3 Å². The molecule has 2 rings (SSSR count). The van der Waals surface area contributed by atoms with E-state index in [0.717, 1.165) is 13.1 Å². The Bertz CT molecular complexity index is 212.